The van der Waals surface area contributed by atoms with Crippen LogP contribution in [0.4, 0.5) is 5.69 Å². The Bertz CT molecular complexity index is 983. The van der Waals surface area contributed by atoms with E-state index in [9.17, 15) is 14.4 Å². The van der Waals surface area contributed by atoms with Crippen LogP contribution in [0, 0.1) is 0 Å². The van der Waals surface area contributed by atoms with Crippen LogP contribution in [-0.4, -0.2) is 58.2 Å². The van der Waals surface area contributed by atoms with Crippen molar-refractivity contribution in [2.45, 2.75) is 25.1 Å². The Morgan fingerprint density at radius 1 is 1.34 bits per heavy atom. The highest BCUT2D eigenvalue weighted by molar-refractivity contribution is 7.10. The molecule has 0 saturated carbocycles. The normalized spacial score (nSPS) is 20.6. The third kappa shape index (κ3) is 3.07. The van der Waals surface area contributed by atoms with Crippen LogP contribution in [0.1, 0.15) is 28.9 Å². The van der Waals surface area contributed by atoms with Crippen molar-refractivity contribution in [2.75, 3.05) is 25.2 Å². The molecule has 0 radical (unpaired) electrons. The first-order valence-electron chi connectivity index (χ1n) is 8.87. The Hall–Kier alpha value is -2.56. The molecule has 0 bridgehead atoms. The molecule has 3 heterocycles. The number of fused-ring (bicyclic) bond motifs is 3. The number of methoxy groups -OCH3 is 1. The molecule has 2 aromatic rings. The van der Waals surface area contributed by atoms with E-state index in [1.54, 1.807) is 24.3 Å². The maximum Gasteiger partial charge on any atom is 0.354 e. The summed E-state index contributed by atoms with van der Waals surface area (Å²) < 4.78 is 14.6. The van der Waals surface area contributed by atoms with Gasteiger partial charge in [0.1, 0.15) is 16.6 Å². The van der Waals surface area contributed by atoms with E-state index in [0.29, 0.717) is 21.3 Å². The summed E-state index contributed by atoms with van der Waals surface area (Å²) in [5.74, 6) is -1.32. The molecule has 1 aromatic heterocycles. The number of hydrogen-bond donors (Lipinski definition) is 0. The second kappa shape index (κ2) is 7.69. The maximum absolute atomic E-state index is 13.3. The van der Waals surface area contributed by atoms with Crippen molar-refractivity contribution in [1.82, 2.24) is 14.5 Å². The molecule has 9 nitrogen and oxygen atoms in total. The number of rotatable bonds is 6. The SMILES string of the molecule is COCCN1C(=O)c2ccccc2N2C(=O)CCC12C(=O)OCc1nnsc1Cl. The number of carbonyl (C=O) groups is 3. The molecule has 1 atom stereocenters. The molecule has 1 fully saturated rings. The quantitative estimate of drug-likeness (QED) is 0.637. The van der Waals surface area contributed by atoms with Crippen LogP contribution in [0.2, 0.25) is 4.34 Å². The fourth-order valence-corrected chi connectivity index (χ4v) is 4.37. The van der Waals surface area contributed by atoms with Crippen molar-refractivity contribution < 1.29 is 23.9 Å². The van der Waals surface area contributed by atoms with Gasteiger partial charge in [-0.2, -0.15) is 0 Å². The van der Waals surface area contributed by atoms with Gasteiger partial charge in [0, 0.05) is 38.0 Å². The van der Waals surface area contributed by atoms with Crippen molar-refractivity contribution in [3.8, 4) is 0 Å². The van der Waals surface area contributed by atoms with Gasteiger partial charge in [0.25, 0.3) is 5.91 Å². The Balaban J connectivity index is 1.75. The minimum atomic E-state index is -1.57. The lowest BCUT2D eigenvalue weighted by Gasteiger charge is -2.48. The highest BCUT2D eigenvalue weighted by Gasteiger charge is 2.61. The molecular formula is C18H17ClN4O5S. The zero-order chi connectivity index (χ0) is 20.6. The molecule has 152 valence electrons. The number of benzene rings is 1. The molecule has 1 unspecified atom stereocenters. The van der Waals surface area contributed by atoms with Gasteiger partial charge in [-0.05, 0) is 12.1 Å². The number of anilines is 1. The van der Waals surface area contributed by atoms with Gasteiger partial charge >= 0.3 is 5.97 Å². The number of hydrogen-bond acceptors (Lipinski definition) is 8. The molecule has 0 spiro atoms. The molecule has 1 aromatic carbocycles. The first kappa shape index (κ1) is 19.7. The average molecular weight is 437 g/mol. The summed E-state index contributed by atoms with van der Waals surface area (Å²) in [5.41, 5.74) is -0.493. The van der Waals surface area contributed by atoms with E-state index >= 15 is 0 Å². The molecular weight excluding hydrogens is 420 g/mol. The number of carbonyl (C=O) groups excluding carboxylic acids is 3. The third-order valence-electron chi connectivity index (χ3n) is 5.07. The number of amides is 2. The van der Waals surface area contributed by atoms with Crippen molar-refractivity contribution in [3.05, 3.63) is 39.9 Å². The topological polar surface area (TPSA) is 102 Å². The largest absolute Gasteiger partial charge is 0.456 e. The highest BCUT2D eigenvalue weighted by Crippen LogP contribution is 2.45. The summed E-state index contributed by atoms with van der Waals surface area (Å²) in [4.78, 5) is 42.1. The van der Waals surface area contributed by atoms with Crippen LogP contribution in [0.5, 0.6) is 0 Å². The van der Waals surface area contributed by atoms with Gasteiger partial charge in [-0.3, -0.25) is 14.5 Å². The van der Waals surface area contributed by atoms with Crippen LogP contribution in [-0.2, 0) is 25.7 Å². The number of para-hydroxylation sites is 1. The average Bonchev–Trinajstić information content (AvgIpc) is 3.30. The molecule has 2 amide bonds. The molecule has 29 heavy (non-hydrogen) atoms. The Kier molecular flexibility index (Phi) is 5.24. The molecule has 2 aliphatic rings. The predicted molar refractivity (Wildman–Crippen MR) is 104 cm³/mol. The molecule has 0 N–H and O–H groups in total. The van der Waals surface area contributed by atoms with Crippen molar-refractivity contribution in [1.29, 1.82) is 0 Å². The fraction of sp³-hybridized carbons (Fsp3) is 0.389. The fourth-order valence-electron chi connectivity index (χ4n) is 3.77. The third-order valence-corrected chi connectivity index (χ3v) is 6.05. The lowest BCUT2D eigenvalue weighted by atomic mass is 9.96. The standard InChI is InChI=1S/C18H17ClN4O5S/c1-27-9-8-22-16(25)11-4-2-3-5-13(11)23-14(24)6-7-18(22,23)17(26)28-10-12-15(19)29-21-20-12/h2-5H,6-10H2,1H3. The number of esters is 1. The Morgan fingerprint density at radius 3 is 2.86 bits per heavy atom. The van der Waals surface area contributed by atoms with E-state index in [4.69, 9.17) is 21.1 Å². The van der Waals surface area contributed by atoms with Crippen LogP contribution < -0.4 is 4.90 Å². The lowest BCUT2D eigenvalue weighted by Crippen LogP contribution is -2.68. The van der Waals surface area contributed by atoms with Gasteiger partial charge in [0.2, 0.25) is 11.6 Å². The first-order valence-corrected chi connectivity index (χ1v) is 10.0. The van der Waals surface area contributed by atoms with E-state index in [-0.39, 0.29) is 44.4 Å². The smallest absolute Gasteiger partial charge is 0.354 e. The van der Waals surface area contributed by atoms with Crippen LogP contribution >= 0.6 is 23.1 Å². The lowest BCUT2D eigenvalue weighted by molar-refractivity contribution is -0.159. The van der Waals surface area contributed by atoms with Crippen molar-refractivity contribution in [2.24, 2.45) is 0 Å². The number of nitrogens with zero attached hydrogens (tertiary/aromatic N) is 4. The zero-order valence-corrected chi connectivity index (χ0v) is 17.0. The summed E-state index contributed by atoms with van der Waals surface area (Å²) in [5, 5.41) is 3.83. The summed E-state index contributed by atoms with van der Waals surface area (Å²) in [7, 11) is 1.50. The van der Waals surface area contributed by atoms with E-state index < -0.39 is 11.6 Å². The number of aromatic nitrogens is 2. The van der Waals surface area contributed by atoms with Gasteiger partial charge in [0.05, 0.1) is 17.9 Å². The molecule has 4 rings (SSSR count). The van der Waals surface area contributed by atoms with Gasteiger partial charge in [-0.25, -0.2) is 4.79 Å². The molecule has 2 aliphatic heterocycles. The maximum atomic E-state index is 13.3. The van der Waals surface area contributed by atoms with Gasteiger partial charge in [-0.15, -0.1) is 5.10 Å². The van der Waals surface area contributed by atoms with Gasteiger partial charge in [0.15, 0.2) is 0 Å². The van der Waals surface area contributed by atoms with Crippen LogP contribution in [0.15, 0.2) is 24.3 Å². The van der Waals surface area contributed by atoms with Crippen LogP contribution in [0.3, 0.4) is 0 Å². The Morgan fingerprint density at radius 2 is 2.14 bits per heavy atom. The number of ether oxygens (including phenoxy) is 2. The highest BCUT2D eigenvalue weighted by atomic mass is 35.5. The van der Waals surface area contributed by atoms with Crippen LogP contribution in [0.25, 0.3) is 0 Å². The molecule has 0 aliphatic carbocycles. The first-order chi connectivity index (χ1) is 14.0. The molecule has 11 heteroatoms. The van der Waals surface area contributed by atoms with E-state index in [2.05, 4.69) is 9.59 Å². The summed E-state index contributed by atoms with van der Waals surface area (Å²) in [6.45, 7) is 0.125. The second-order valence-corrected chi connectivity index (χ2v) is 7.94. The summed E-state index contributed by atoms with van der Waals surface area (Å²) in [6, 6.07) is 6.74. The molecule has 1 saturated heterocycles. The van der Waals surface area contributed by atoms with Crippen molar-refractivity contribution >= 4 is 46.6 Å². The number of halogens is 1. The monoisotopic (exact) mass is 436 g/mol. The van der Waals surface area contributed by atoms with E-state index in [0.717, 1.165) is 11.5 Å². The van der Waals surface area contributed by atoms with E-state index in [1.165, 1.54) is 16.9 Å². The Labute approximate surface area is 175 Å². The van der Waals surface area contributed by atoms with Crippen molar-refractivity contribution in [3.63, 3.8) is 0 Å². The summed E-state index contributed by atoms with van der Waals surface area (Å²) in [6.07, 6.45) is 0.233. The minimum Gasteiger partial charge on any atom is -0.456 e. The van der Waals surface area contributed by atoms with Gasteiger partial charge in [-0.1, -0.05) is 28.2 Å². The zero-order valence-electron chi connectivity index (χ0n) is 15.5. The predicted octanol–water partition coefficient (Wildman–Crippen LogP) is 1.86. The summed E-state index contributed by atoms with van der Waals surface area (Å²) >= 11 is 6.97. The second-order valence-electron chi connectivity index (χ2n) is 6.58. The minimum absolute atomic E-state index is 0.110. The van der Waals surface area contributed by atoms with Gasteiger partial charge < -0.3 is 14.4 Å². The van der Waals surface area contributed by atoms with E-state index in [1.807, 2.05) is 0 Å².